The summed E-state index contributed by atoms with van der Waals surface area (Å²) in [4.78, 5) is 15.1. The zero-order valence-electron chi connectivity index (χ0n) is 5.94. The molecule has 54 valence electrons. The Morgan fingerprint density at radius 2 is 2.40 bits per heavy atom. The molecule has 10 heavy (non-hydrogen) atoms. The number of rotatable bonds is 1. The van der Waals surface area contributed by atoms with Gasteiger partial charge in [-0.1, -0.05) is 0 Å². The van der Waals surface area contributed by atoms with Crippen molar-refractivity contribution in [3.63, 3.8) is 0 Å². The molecule has 0 aromatic carbocycles. The van der Waals surface area contributed by atoms with Crippen LogP contribution in [0.25, 0.3) is 0 Å². The number of imidazole rings is 1. The number of aryl methyl sites for hydroxylation is 1. The summed E-state index contributed by atoms with van der Waals surface area (Å²) < 4.78 is 3.13. The molecule has 4 heteroatoms. The molecule has 0 fully saturated rings. The van der Waals surface area contributed by atoms with Crippen molar-refractivity contribution >= 4 is 5.97 Å². The Hall–Kier alpha value is -1.32. The van der Waals surface area contributed by atoms with E-state index in [2.05, 4.69) is 0 Å². The molecule has 1 rings (SSSR count). The van der Waals surface area contributed by atoms with Crippen LogP contribution in [0.5, 0.6) is 0 Å². The van der Waals surface area contributed by atoms with E-state index in [1.54, 1.807) is 23.3 Å². The molecule has 0 aliphatic heterocycles. The van der Waals surface area contributed by atoms with E-state index < -0.39 is 0 Å². The maximum absolute atomic E-state index is 10.4. The van der Waals surface area contributed by atoms with E-state index in [0.717, 1.165) is 0 Å². The van der Waals surface area contributed by atoms with E-state index >= 15 is 0 Å². The molecule has 0 radical (unpaired) electrons. The van der Waals surface area contributed by atoms with Gasteiger partial charge in [-0.25, -0.2) is 9.36 Å². The van der Waals surface area contributed by atoms with Gasteiger partial charge < -0.3 is 0 Å². The van der Waals surface area contributed by atoms with Crippen molar-refractivity contribution in [2.45, 2.75) is 6.92 Å². The van der Waals surface area contributed by atoms with E-state index in [4.69, 9.17) is 4.84 Å². The Balaban J connectivity index is 2.67. The van der Waals surface area contributed by atoms with Gasteiger partial charge in [-0.15, -0.1) is 0 Å². The van der Waals surface area contributed by atoms with Crippen molar-refractivity contribution in [2.75, 3.05) is 0 Å². The first-order valence-electron chi connectivity index (χ1n) is 2.90. The van der Waals surface area contributed by atoms with Crippen molar-refractivity contribution in [3.8, 4) is 0 Å². The lowest BCUT2D eigenvalue weighted by Gasteiger charge is -1.88. The van der Waals surface area contributed by atoms with Gasteiger partial charge in [0.2, 0.25) is 0 Å². The normalized spacial score (nSPS) is 9.40. The molecular formula is C6H9N2O2+. The molecule has 0 saturated heterocycles. The Labute approximate surface area is 58.6 Å². The topological polar surface area (TPSA) is 35.1 Å². The van der Waals surface area contributed by atoms with Crippen molar-refractivity contribution in [2.24, 2.45) is 7.05 Å². The van der Waals surface area contributed by atoms with Crippen molar-refractivity contribution in [1.29, 1.82) is 0 Å². The molecule has 4 nitrogen and oxygen atoms in total. The summed E-state index contributed by atoms with van der Waals surface area (Å²) in [6.07, 6.45) is 5.09. The lowest BCUT2D eigenvalue weighted by Crippen LogP contribution is -2.42. The van der Waals surface area contributed by atoms with E-state index in [0.29, 0.717) is 0 Å². The molecule has 0 saturated carbocycles. The Kier molecular flexibility index (Phi) is 1.71. The molecule has 0 spiro atoms. The highest BCUT2D eigenvalue weighted by atomic mass is 16.7. The van der Waals surface area contributed by atoms with Gasteiger partial charge in [-0.05, 0) is 4.73 Å². The second kappa shape index (κ2) is 2.51. The fourth-order valence-electron chi connectivity index (χ4n) is 0.630. The second-order valence-electron chi connectivity index (χ2n) is 2.02. The molecule has 1 aromatic rings. The van der Waals surface area contributed by atoms with Gasteiger partial charge in [-0.3, -0.25) is 4.84 Å². The molecule has 0 bridgehead atoms. The minimum absolute atomic E-state index is 0.323. The molecule has 0 amide bonds. The highest BCUT2D eigenvalue weighted by Gasteiger charge is 2.02. The van der Waals surface area contributed by atoms with Gasteiger partial charge in [0, 0.05) is 6.92 Å². The quantitative estimate of drug-likeness (QED) is 0.484. The largest absolute Gasteiger partial charge is 0.354 e. The van der Waals surface area contributed by atoms with Crippen molar-refractivity contribution < 1.29 is 14.4 Å². The summed E-state index contributed by atoms with van der Waals surface area (Å²) in [5, 5.41) is 0. The Morgan fingerprint density at radius 1 is 1.70 bits per heavy atom. The SMILES string of the molecule is CC(=O)O[n+]1ccn(C)c1. The minimum atomic E-state index is -0.323. The molecular weight excluding hydrogens is 132 g/mol. The first-order valence-corrected chi connectivity index (χ1v) is 2.90. The van der Waals surface area contributed by atoms with Gasteiger partial charge >= 0.3 is 5.97 Å². The molecule has 0 aliphatic rings. The fraction of sp³-hybridized carbons (Fsp3) is 0.333. The highest BCUT2D eigenvalue weighted by Crippen LogP contribution is 1.73. The predicted molar refractivity (Wildman–Crippen MR) is 32.9 cm³/mol. The Bertz CT molecular complexity index is 242. The summed E-state index contributed by atoms with van der Waals surface area (Å²) in [7, 11) is 1.85. The van der Waals surface area contributed by atoms with Crippen LogP contribution in [0.3, 0.4) is 0 Å². The van der Waals surface area contributed by atoms with Crippen LogP contribution in [-0.4, -0.2) is 10.5 Å². The summed E-state index contributed by atoms with van der Waals surface area (Å²) in [6, 6.07) is 0. The summed E-state index contributed by atoms with van der Waals surface area (Å²) in [5.74, 6) is -0.323. The van der Waals surface area contributed by atoms with Crippen LogP contribution in [0.2, 0.25) is 0 Å². The van der Waals surface area contributed by atoms with Gasteiger partial charge in [0.25, 0.3) is 6.33 Å². The molecule has 1 heterocycles. The smallest absolute Gasteiger partial charge is 0.258 e. The molecule has 0 atom stereocenters. The maximum atomic E-state index is 10.4. The number of aromatic nitrogens is 2. The zero-order chi connectivity index (χ0) is 7.56. The van der Waals surface area contributed by atoms with Crippen LogP contribution in [0, 0.1) is 0 Å². The van der Waals surface area contributed by atoms with E-state index in [-0.39, 0.29) is 5.97 Å². The lowest BCUT2D eigenvalue weighted by molar-refractivity contribution is -0.868. The predicted octanol–water partition coefficient (Wildman–Crippen LogP) is -0.712. The molecule has 0 aliphatic carbocycles. The summed E-state index contributed by atoms with van der Waals surface area (Å²) in [5.41, 5.74) is 0. The number of hydrogen-bond acceptors (Lipinski definition) is 2. The fourth-order valence-corrected chi connectivity index (χ4v) is 0.630. The first kappa shape index (κ1) is 6.80. The van der Waals surface area contributed by atoms with Gasteiger partial charge in [0.05, 0.1) is 7.05 Å². The third kappa shape index (κ3) is 1.58. The van der Waals surface area contributed by atoms with Crippen LogP contribution >= 0.6 is 0 Å². The maximum Gasteiger partial charge on any atom is 0.354 e. The molecule has 0 N–H and O–H groups in total. The van der Waals surface area contributed by atoms with Crippen LogP contribution in [0.1, 0.15) is 6.92 Å². The summed E-state index contributed by atoms with van der Waals surface area (Å²) >= 11 is 0. The lowest BCUT2D eigenvalue weighted by atomic mass is 10.8. The van der Waals surface area contributed by atoms with E-state index in [1.165, 1.54) is 11.7 Å². The monoisotopic (exact) mass is 141 g/mol. The zero-order valence-corrected chi connectivity index (χ0v) is 5.94. The molecule has 0 unspecified atom stereocenters. The number of carbonyl (C=O) groups is 1. The minimum Gasteiger partial charge on any atom is -0.258 e. The average molecular weight is 141 g/mol. The third-order valence-electron chi connectivity index (χ3n) is 0.979. The van der Waals surface area contributed by atoms with E-state index in [9.17, 15) is 4.79 Å². The molecule has 1 aromatic heterocycles. The van der Waals surface area contributed by atoms with Crippen LogP contribution in [-0.2, 0) is 11.8 Å². The van der Waals surface area contributed by atoms with Gasteiger partial charge in [0.15, 0.2) is 6.20 Å². The standard InChI is InChI=1S/C6H9N2O2/c1-6(9)10-8-4-3-7(2)5-8/h3-5H,1-2H3/q+1. The number of nitrogens with zero attached hydrogens (tertiary/aromatic N) is 2. The third-order valence-corrected chi connectivity index (χ3v) is 0.979. The number of carbonyl (C=O) groups excluding carboxylic acids is 1. The van der Waals surface area contributed by atoms with E-state index in [1.807, 2.05) is 7.05 Å². The average Bonchev–Trinajstić information content (AvgIpc) is 2.13. The van der Waals surface area contributed by atoms with Crippen molar-refractivity contribution in [1.82, 2.24) is 4.57 Å². The highest BCUT2D eigenvalue weighted by molar-refractivity contribution is 5.65. The van der Waals surface area contributed by atoms with Gasteiger partial charge in [0.1, 0.15) is 6.20 Å². The second-order valence-corrected chi connectivity index (χ2v) is 2.02. The van der Waals surface area contributed by atoms with Crippen molar-refractivity contribution in [3.05, 3.63) is 18.7 Å². The first-order chi connectivity index (χ1) is 4.68. The Morgan fingerprint density at radius 3 is 2.80 bits per heavy atom. The van der Waals surface area contributed by atoms with Crippen LogP contribution in [0.15, 0.2) is 18.7 Å². The van der Waals surface area contributed by atoms with Crippen LogP contribution < -0.4 is 9.57 Å². The number of hydrogen-bond donors (Lipinski definition) is 0. The van der Waals surface area contributed by atoms with Gasteiger partial charge in [-0.2, -0.15) is 0 Å². The van der Waals surface area contributed by atoms with Crippen LogP contribution in [0.4, 0.5) is 0 Å². The summed E-state index contributed by atoms with van der Waals surface area (Å²) in [6.45, 7) is 1.36.